The zero-order valence-electron chi connectivity index (χ0n) is 18.8. The Labute approximate surface area is 192 Å². The van der Waals surface area contributed by atoms with Crippen LogP contribution >= 0.6 is 11.8 Å². The van der Waals surface area contributed by atoms with Gasteiger partial charge in [0.15, 0.2) is 17.1 Å². The van der Waals surface area contributed by atoms with Crippen molar-refractivity contribution in [1.29, 1.82) is 0 Å². The fourth-order valence-corrected chi connectivity index (χ4v) is 3.89. The number of ether oxygens (including phenoxy) is 2. The summed E-state index contributed by atoms with van der Waals surface area (Å²) in [6.45, 7) is 10.4. The molecule has 1 amide bonds. The standard InChI is InChI=1S/C24H28N4O3S/c1-6-13-28-23(18(4)31-21-12-7-9-16(2)17(21)3)26-27-24(28)32-15-22(29)25-19-10-8-11-20(14-19)30-5/h6-12,14,18H,1,13,15H2,2-5H3,(H,25,29). The fraction of sp³-hybridized carbons (Fsp3) is 0.292. The van der Waals surface area contributed by atoms with E-state index < -0.39 is 0 Å². The first-order valence-electron chi connectivity index (χ1n) is 10.3. The molecule has 1 N–H and O–H groups in total. The van der Waals surface area contributed by atoms with Crippen LogP contribution in [-0.4, -0.2) is 33.5 Å². The van der Waals surface area contributed by atoms with Gasteiger partial charge >= 0.3 is 0 Å². The van der Waals surface area contributed by atoms with Crippen molar-refractivity contribution in [2.75, 3.05) is 18.2 Å². The summed E-state index contributed by atoms with van der Waals surface area (Å²) in [6.07, 6.45) is 1.46. The van der Waals surface area contributed by atoms with Gasteiger partial charge in [-0.25, -0.2) is 0 Å². The smallest absolute Gasteiger partial charge is 0.234 e. The third-order valence-electron chi connectivity index (χ3n) is 4.97. The van der Waals surface area contributed by atoms with Crippen LogP contribution in [-0.2, 0) is 11.3 Å². The molecular formula is C24H28N4O3S. The van der Waals surface area contributed by atoms with Gasteiger partial charge < -0.3 is 14.8 Å². The van der Waals surface area contributed by atoms with E-state index in [1.165, 1.54) is 17.3 Å². The Morgan fingerprint density at radius 3 is 2.78 bits per heavy atom. The van der Waals surface area contributed by atoms with E-state index in [1.807, 2.05) is 48.7 Å². The number of benzene rings is 2. The number of hydrogen-bond acceptors (Lipinski definition) is 6. The number of anilines is 1. The number of methoxy groups -OCH3 is 1. The second-order valence-electron chi connectivity index (χ2n) is 7.27. The highest BCUT2D eigenvalue weighted by molar-refractivity contribution is 7.99. The molecule has 0 fully saturated rings. The molecule has 3 aromatic rings. The maximum atomic E-state index is 12.4. The van der Waals surface area contributed by atoms with Crippen LogP contribution in [0.15, 0.2) is 60.3 Å². The number of aromatic nitrogens is 3. The van der Waals surface area contributed by atoms with Crippen molar-refractivity contribution in [3.63, 3.8) is 0 Å². The first-order chi connectivity index (χ1) is 15.4. The predicted octanol–water partition coefficient (Wildman–Crippen LogP) is 4.96. The molecule has 0 saturated carbocycles. The third kappa shape index (κ3) is 5.70. The van der Waals surface area contributed by atoms with E-state index in [0.717, 1.165) is 11.3 Å². The number of aryl methyl sites for hydroxylation is 1. The van der Waals surface area contributed by atoms with Gasteiger partial charge in [-0.05, 0) is 50.1 Å². The molecule has 168 valence electrons. The van der Waals surface area contributed by atoms with Crippen LogP contribution in [0.4, 0.5) is 5.69 Å². The molecule has 0 aliphatic carbocycles. The van der Waals surface area contributed by atoms with Gasteiger partial charge in [0.2, 0.25) is 5.91 Å². The number of rotatable bonds is 10. The van der Waals surface area contributed by atoms with E-state index in [0.29, 0.717) is 29.0 Å². The summed E-state index contributed by atoms with van der Waals surface area (Å²) in [4.78, 5) is 12.4. The topological polar surface area (TPSA) is 78.3 Å². The molecule has 1 unspecified atom stereocenters. The van der Waals surface area contributed by atoms with Crippen molar-refractivity contribution in [2.45, 2.75) is 38.6 Å². The van der Waals surface area contributed by atoms with Gasteiger partial charge in [0.1, 0.15) is 11.5 Å². The van der Waals surface area contributed by atoms with Gasteiger partial charge in [-0.3, -0.25) is 9.36 Å². The van der Waals surface area contributed by atoms with Crippen molar-refractivity contribution in [2.24, 2.45) is 0 Å². The van der Waals surface area contributed by atoms with Crippen LogP contribution < -0.4 is 14.8 Å². The molecule has 0 radical (unpaired) electrons. The lowest BCUT2D eigenvalue weighted by molar-refractivity contribution is -0.113. The second-order valence-corrected chi connectivity index (χ2v) is 8.21. The molecule has 32 heavy (non-hydrogen) atoms. The van der Waals surface area contributed by atoms with E-state index >= 15 is 0 Å². The van der Waals surface area contributed by atoms with Crippen molar-refractivity contribution >= 4 is 23.4 Å². The van der Waals surface area contributed by atoms with E-state index in [-0.39, 0.29) is 17.8 Å². The lowest BCUT2D eigenvalue weighted by Gasteiger charge is -2.18. The summed E-state index contributed by atoms with van der Waals surface area (Å²) in [5, 5.41) is 12.1. The van der Waals surface area contributed by atoms with Crippen LogP contribution in [0.3, 0.4) is 0 Å². The number of hydrogen-bond donors (Lipinski definition) is 1. The molecule has 1 aromatic heterocycles. The monoisotopic (exact) mass is 452 g/mol. The summed E-state index contributed by atoms with van der Waals surface area (Å²) in [5.41, 5.74) is 2.94. The van der Waals surface area contributed by atoms with E-state index in [2.05, 4.69) is 35.1 Å². The second kappa shape index (κ2) is 10.9. The van der Waals surface area contributed by atoms with E-state index in [1.54, 1.807) is 19.3 Å². The highest BCUT2D eigenvalue weighted by Crippen LogP contribution is 2.28. The van der Waals surface area contributed by atoms with Crippen LogP contribution in [0, 0.1) is 13.8 Å². The van der Waals surface area contributed by atoms with Gasteiger partial charge in [-0.2, -0.15) is 0 Å². The molecule has 3 rings (SSSR count). The molecule has 0 bridgehead atoms. The molecule has 0 aliphatic rings. The Hall–Kier alpha value is -3.26. The zero-order valence-corrected chi connectivity index (χ0v) is 19.6. The van der Waals surface area contributed by atoms with Crippen molar-refractivity contribution in [1.82, 2.24) is 14.8 Å². The highest BCUT2D eigenvalue weighted by Gasteiger charge is 2.20. The van der Waals surface area contributed by atoms with Crippen LogP contribution in [0.5, 0.6) is 11.5 Å². The fourth-order valence-electron chi connectivity index (χ4n) is 3.13. The molecule has 7 nitrogen and oxygen atoms in total. The first kappa shape index (κ1) is 23.4. The SMILES string of the molecule is C=CCn1c(SCC(=O)Nc2cccc(OC)c2)nnc1C(C)Oc1cccc(C)c1C. The van der Waals surface area contributed by atoms with Crippen LogP contribution in [0.25, 0.3) is 0 Å². The maximum absolute atomic E-state index is 12.4. The van der Waals surface area contributed by atoms with Crippen molar-refractivity contribution in [3.05, 3.63) is 72.1 Å². The van der Waals surface area contributed by atoms with Gasteiger partial charge in [-0.1, -0.05) is 36.0 Å². The minimum atomic E-state index is -0.317. The molecule has 2 aromatic carbocycles. The average Bonchev–Trinajstić information content (AvgIpc) is 3.18. The van der Waals surface area contributed by atoms with E-state index in [4.69, 9.17) is 9.47 Å². The van der Waals surface area contributed by atoms with Crippen molar-refractivity contribution in [3.8, 4) is 11.5 Å². The van der Waals surface area contributed by atoms with Crippen molar-refractivity contribution < 1.29 is 14.3 Å². The quantitative estimate of drug-likeness (QED) is 0.346. The molecule has 0 aliphatic heterocycles. The Morgan fingerprint density at radius 2 is 2.03 bits per heavy atom. The van der Waals surface area contributed by atoms with E-state index in [9.17, 15) is 4.79 Å². The van der Waals surface area contributed by atoms with Gasteiger partial charge in [0, 0.05) is 18.3 Å². The minimum absolute atomic E-state index is 0.141. The zero-order chi connectivity index (χ0) is 23.1. The number of nitrogens with one attached hydrogen (secondary N) is 1. The average molecular weight is 453 g/mol. The molecule has 0 saturated heterocycles. The lowest BCUT2D eigenvalue weighted by atomic mass is 10.1. The molecule has 0 spiro atoms. The van der Waals surface area contributed by atoms with Gasteiger partial charge in [0.25, 0.3) is 0 Å². The summed E-state index contributed by atoms with van der Waals surface area (Å²) in [7, 11) is 1.59. The number of allylic oxidation sites excluding steroid dienone is 1. The van der Waals surface area contributed by atoms with Gasteiger partial charge in [-0.15, -0.1) is 16.8 Å². The Morgan fingerprint density at radius 1 is 1.25 bits per heavy atom. The summed E-state index contributed by atoms with van der Waals surface area (Å²) in [6, 6.07) is 13.2. The Kier molecular flexibility index (Phi) is 7.94. The summed E-state index contributed by atoms with van der Waals surface area (Å²) < 4.78 is 13.3. The maximum Gasteiger partial charge on any atom is 0.234 e. The number of carbonyl (C=O) groups excluding carboxylic acids is 1. The minimum Gasteiger partial charge on any atom is -0.497 e. The molecule has 8 heteroatoms. The molecule has 1 heterocycles. The molecule has 1 atom stereocenters. The van der Waals surface area contributed by atoms with Gasteiger partial charge in [0.05, 0.1) is 12.9 Å². The predicted molar refractivity (Wildman–Crippen MR) is 128 cm³/mol. The third-order valence-corrected chi connectivity index (χ3v) is 5.93. The number of nitrogens with zero attached hydrogens (tertiary/aromatic N) is 3. The summed E-state index contributed by atoms with van der Waals surface area (Å²) >= 11 is 1.32. The Balaban J connectivity index is 1.69. The number of thioether (sulfide) groups is 1. The Bertz CT molecular complexity index is 1100. The largest absolute Gasteiger partial charge is 0.497 e. The normalized spacial score (nSPS) is 11.6. The number of carbonyl (C=O) groups is 1. The van der Waals surface area contributed by atoms with Crippen LogP contribution in [0.2, 0.25) is 0 Å². The number of amides is 1. The van der Waals surface area contributed by atoms with Crippen LogP contribution in [0.1, 0.15) is 30.0 Å². The first-order valence-corrected chi connectivity index (χ1v) is 11.2. The lowest BCUT2D eigenvalue weighted by Crippen LogP contribution is -2.15. The highest BCUT2D eigenvalue weighted by atomic mass is 32.2. The molecular weight excluding hydrogens is 424 g/mol. The summed E-state index contributed by atoms with van der Waals surface area (Å²) in [5.74, 6) is 2.24.